The van der Waals surface area contributed by atoms with Crippen molar-refractivity contribution in [1.82, 2.24) is 5.32 Å². The van der Waals surface area contributed by atoms with E-state index in [9.17, 15) is 0 Å². The topological polar surface area (TPSA) is 12.0 Å². The van der Waals surface area contributed by atoms with E-state index in [1.807, 2.05) is 0 Å². The van der Waals surface area contributed by atoms with Crippen molar-refractivity contribution in [3.63, 3.8) is 0 Å². The molecule has 0 heterocycles. The summed E-state index contributed by atoms with van der Waals surface area (Å²) in [5.74, 6) is 0.573. The minimum atomic E-state index is 0.404. The Morgan fingerprint density at radius 2 is 1.81 bits per heavy atom. The Labute approximate surface area is 135 Å². The van der Waals surface area contributed by atoms with Crippen LogP contribution in [0.25, 0.3) is 0 Å². The van der Waals surface area contributed by atoms with Crippen LogP contribution in [0, 0.1) is 5.92 Å². The number of halogens is 1. The third-order valence-corrected chi connectivity index (χ3v) is 5.16. The predicted octanol–water partition coefficient (Wildman–Crippen LogP) is 5.42. The minimum absolute atomic E-state index is 0.404. The fraction of sp³-hybridized carbons (Fsp3) is 0.368. The van der Waals surface area contributed by atoms with E-state index in [2.05, 4.69) is 83.6 Å². The van der Waals surface area contributed by atoms with Crippen LogP contribution < -0.4 is 5.32 Å². The molecule has 0 amide bonds. The van der Waals surface area contributed by atoms with Crippen LogP contribution in [0.2, 0.25) is 0 Å². The van der Waals surface area contributed by atoms with E-state index in [4.69, 9.17) is 0 Å². The summed E-state index contributed by atoms with van der Waals surface area (Å²) in [5.41, 5.74) is 4.33. The standard InChI is InChI=1S/C19H22BrN/c1-13(2)19(14-7-4-3-5-8-14)21-18-12-11-15-16(18)9-6-10-17(15)20/h3-10,13,18-19,21H,11-12H2,1-2H3. The van der Waals surface area contributed by atoms with Crippen LogP contribution >= 0.6 is 15.9 Å². The highest BCUT2D eigenvalue weighted by Gasteiger charge is 2.27. The lowest BCUT2D eigenvalue weighted by Gasteiger charge is -2.27. The molecule has 0 bridgehead atoms. The molecule has 1 aliphatic carbocycles. The number of nitrogens with one attached hydrogen (secondary N) is 1. The van der Waals surface area contributed by atoms with E-state index >= 15 is 0 Å². The largest absolute Gasteiger partial charge is 0.303 e. The van der Waals surface area contributed by atoms with Gasteiger partial charge >= 0.3 is 0 Å². The second-order valence-electron chi connectivity index (χ2n) is 6.20. The molecule has 2 unspecified atom stereocenters. The zero-order valence-electron chi connectivity index (χ0n) is 12.6. The first kappa shape index (κ1) is 14.8. The molecule has 1 aliphatic rings. The summed E-state index contributed by atoms with van der Waals surface area (Å²) in [6.07, 6.45) is 2.35. The molecule has 1 N–H and O–H groups in total. The molecule has 0 radical (unpaired) electrons. The highest BCUT2D eigenvalue weighted by Crippen LogP contribution is 2.37. The van der Waals surface area contributed by atoms with Crippen molar-refractivity contribution in [1.29, 1.82) is 0 Å². The Bertz CT molecular complexity index is 606. The van der Waals surface area contributed by atoms with Crippen molar-refractivity contribution in [2.75, 3.05) is 0 Å². The number of hydrogen-bond donors (Lipinski definition) is 1. The molecule has 0 saturated carbocycles. The second-order valence-corrected chi connectivity index (χ2v) is 7.05. The van der Waals surface area contributed by atoms with E-state index in [1.165, 1.54) is 27.6 Å². The number of benzene rings is 2. The van der Waals surface area contributed by atoms with Gasteiger partial charge in [0.1, 0.15) is 0 Å². The first-order valence-electron chi connectivity index (χ1n) is 7.75. The molecular weight excluding hydrogens is 322 g/mol. The van der Waals surface area contributed by atoms with Crippen molar-refractivity contribution >= 4 is 15.9 Å². The van der Waals surface area contributed by atoms with Crippen molar-refractivity contribution in [3.8, 4) is 0 Å². The molecule has 2 atom stereocenters. The predicted molar refractivity (Wildman–Crippen MR) is 92.4 cm³/mol. The highest BCUT2D eigenvalue weighted by molar-refractivity contribution is 9.10. The molecule has 0 aromatic heterocycles. The average Bonchev–Trinajstić information content (AvgIpc) is 2.90. The van der Waals surface area contributed by atoms with Crippen molar-refractivity contribution in [2.24, 2.45) is 5.92 Å². The lowest BCUT2D eigenvalue weighted by molar-refractivity contribution is 0.361. The van der Waals surface area contributed by atoms with Gasteiger partial charge in [0.25, 0.3) is 0 Å². The number of hydrogen-bond acceptors (Lipinski definition) is 1. The van der Waals surface area contributed by atoms with Gasteiger partial charge in [-0.25, -0.2) is 0 Å². The Hall–Kier alpha value is -1.12. The monoisotopic (exact) mass is 343 g/mol. The van der Waals surface area contributed by atoms with Gasteiger partial charge in [0.15, 0.2) is 0 Å². The van der Waals surface area contributed by atoms with Gasteiger partial charge < -0.3 is 5.32 Å². The van der Waals surface area contributed by atoms with Crippen LogP contribution in [-0.2, 0) is 6.42 Å². The molecule has 0 fully saturated rings. The molecule has 0 aliphatic heterocycles. The van der Waals surface area contributed by atoms with Crippen molar-refractivity contribution < 1.29 is 0 Å². The van der Waals surface area contributed by atoms with Gasteiger partial charge in [0.05, 0.1) is 0 Å². The van der Waals surface area contributed by atoms with Gasteiger partial charge in [-0.2, -0.15) is 0 Å². The average molecular weight is 344 g/mol. The summed E-state index contributed by atoms with van der Waals surface area (Å²) < 4.78 is 1.25. The van der Waals surface area contributed by atoms with Crippen LogP contribution in [0.1, 0.15) is 49.0 Å². The number of rotatable bonds is 4. The Morgan fingerprint density at radius 3 is 2.52 bits per heavy atom. The van der Waals surface area contributed by atoms with Gasteiger partial charge in [-0.1, -0.05) is 72.2 Å². The molecule has 3 rings (SSSR count). The van der Waals surface area contributed by atoms with Crippen LogP contribution in [-0.4, -0.2) is 0 Å². The highest BCUT2D eigenvalue weighted by atomic mass is 79.9. The third kappa shape index (κ3) is 3.07. The maximum Gasteiger partial charge on any atom is 0.0348 e. The molecule has 110 valence electrons. The Kier molecular flexibility index (Phi) is 4.46. The van der Waals surface area contributed by atoms with Gasteiger partial charge in [0.2, 0.25) is 0 Å². The smallest absolute Gasteiger partial charge is 0.0348 e. The molecule has 0 spiro atoms. The van der Waals surface area contributed by atoms with E-state index in [1.54, 1.807) is 0 Å². The molecule has 2 aromatic rings. The lowest BCUT2D eigenvalue weighted by Crippen LogP contribution is -2.28. The molecule has 0 saturated heterocycles. The second kappa shape index (κ2) is 6.33. The van der Waals surface area contributed by atoms with Crippen molar-refractivity contribution in [2.45, 2.75) is 38.8 Å². The first-order valence-corrected chi connectivity index (χ1v) is 8.54. The summed E-state index contributed by atoms with van der Waals surface area (Å²) in [6.45, 7) is 4.59. The molecule has 1 nitrogen and oxygen atoms in total. The van der Waals surface area contributed by atoms with E-state index < -0.39 is 0 Å². The summed E-state index contributed by atoms with van der Waals surface area (Å²) >= 11 is 3.69. The van der Waals surface area contributed by atoms with Crippen LogP contribution in [0.4, 0.5) is 0 Å². The Morgan fingerprint density at radius 1 is 1.05 bits per heavy atom. The fourth-order valence-electron chi connectivity index (χ4n) is 3.33. The SMILES string of the molecule is CC(C)C(NC1CCc2c(Br)cccc21)c1ccccc1. The van der Waals surface area contributed by atoms with Crippen LogP contribution in [0.5, 0.6) is 0 Å². The summed E-state index contributed by atoms with van der Waals surface area (Å²) in [6, 6.07) is 18.2. The van der Waals surface area contributed by atoms with Gasteiger partial charge in [-0.3, -0.25) is 0 Å². The van der Waals surface area contributed by atoms with E-state index in [-0.39, 0.29) is 0 Å². The lowest BCUT2D eigenvalue weighted by atomic mass is 9.94. The molecule has 21 heavy (non-hydrogen) atoms. The summed E-state index contributed by atoms with van der Waals surface area (Å²) in [5, 5.41) is 3.89. The molecule has 2 heteroatoms. The van der Waals surface area contributed by atoms with Crippen LogP contribution in [0.3, 0.4) is 0 Å². The molecular formula is C19H22BrN. The fourth-order valence-corrected chi connectivity index (χ4v) is 3.91. The van der Waals surface area contributed by atoms with Gasteiger partial charge in [-0.05, 0) is 41.5 Å². The maximum atomic E-state index is 3.89. The summed E-state index contributed by atoms with van der Waals surface area (Å²) in [7, 11) is 0. The number of fused-ring (bicyclic) bond motifs is 1. The van der Waals surface area contributed by atoms with Crippen molar-refractivity contribution in [3.05, 3.63) is 69.7 Å². The summed E-state index contributed by atoms with van der Waals surface area (Å²) in [4.78, 5) is 0. The van der Waals surface area contributed by atoms with Gasteiger partial charge in [0, 0.05) is 16.6 Å². The molecule has 2 aromatic carbocycles. The quantitative estimate of drug-likeness (QED) is 0.780. The normalized spacial score (nSPS) is 18.8. The zero-order chi connectivity index (χ0) is 14.8. The van der Waals surface area contributed by atoms with Gasteiger partial charge in [-0.15, -0.1) is 0 Å². The Balaban J connectivity index is 1.85. The third-order valence-electron chi connectivity index (χ3n) is 4.42. The van der Waals surface area contributed by atoms with E-state index in [0.29, 0.717) is 18.0 Å². The van der Waals surface area contributed by atoms with Crippen LogP contribution in [0.15, 0.2) is 53.0 Å². The maximum absolute atomic E-state index is 3.89. The minimum Gasteiger partial charge on any atom is -0.303 e. The zero-order valence-corrected chi connectivity index (χ0v) is 14.2. The first-order chi connectivity index (χ1) is 10.2. The van der Waals surface area contributed by atoms with E-state index in [0.717, 1.165) is 6.42 Å².